The smallest absolute Gasteiger partial charge is 0.146 e. The summed E-state index contributed by atoms with van der Waals surface area (Å²) in [5.41, 5.74) is 8.52. The molecule has 0 amide bonds. The van der Waals surface area contributed by atoms with Crippen molar-refractivity contribution < 1.29 is 4.74 Å². The SMILES string of the molecule is CC/C=N\n1cc(Oc2ccc(Nc3ncnc4ccc(N)cc34)cc2)ccc1=N. The Bertz CT molecular complexity index is 1260. The molecule has 4 aromatic rings. The van der Waals surface area contributed by atoms with Crippen LogP contribution in [0.4, 0.5) is 17.2 Å². The summed E-state index contributed by atoms with van der Waals surface area (Å²) in [6, 6.07) is 16.4. The van der Waals surface area contributed by atoms with Gasteiger partial charge in [-0.2, -0.15) is 5.10 Å². The fourth-order valence-electron chi connectivity index (χ4n) is 2.85. The van der Waals surface area contributed by atoms with E-state index in [-0.39, 0.29) is 5.49 Å². The first-order chi connectivity index (χ1) is 14.6. The standard InChI is InChI=1S/C22H21N7O/c1-2-11-27-29-13-18(8-10-21(29)24)30-17-6-4-16(5-7-17)28-22-19-12-15(23)3-9-20(19)25-14-26-22/h3-14,24H,2,23H2,1H3,(H,25,26,28)/b24-21?,27-11-. The Hall–Kier alpha value is -4.20. The number of fused-ring (bicyclic) bond motifs is 1. The second-order valence-corrected chi connectivity index (χ2v) is 6.55. The van der Waals surface area contributed by atoms with E-state index in [4.69, 9.17) is 15.9 Å². The summed E-state index contributed by atoms with van der Waals surface area (Å²) in [6.07, 6.45) is 5.73. The van der Waals surface area contributed by atoms with Crippen LogP contribution in [0.2, 0.25) is 0 Å². The number of hydrogen-bond acceptors (Lipinski definition) is 7. The van der Waals surface area contributed by atoms with Gasteiger partial charge in [-0.25, -0.2) is 14.6 Å². The van der Waals surface area contributed by atoms with Gasteiger partial charge in [-0.15, -0.1) is 0 Å². The van der Waals surface area contributed by atoms with Gasteiger partial charge < -0.3 is 15.8 Å². The summed E-state index contributed by atoms with van der Waals surface area (Å²) < 4.78 is 7.37. The monoisotopic (exact) mass is 399 g/mol. The number of nitrogen functional groups attached to an aromatic ring is 1. The molecule has 0 saturated carbocycles. The predicted octanol–water partition coefficient (Wildman–Crippen LogP) is 4.27. The highest BCUT2D eigenvalue weighted by Gasteiger charge is 2.06. The number of hydrogen-bond donors (Lipinski definition) is 3. The molecular weight excluding hydrogens is 378 g/mol. The highest BCUT2D eigenvalue weighted by Crippen LogP contribution is 2.27. The van der Waals surface area contributed by atoms with Gasteiger partial charge in [-0.1, -0.05) is 6.92 Å². The molecule has 4 rings (SSSR count). The minimum atomic E-state index is 0.282. The topological polar surface area (TPSA) is 114 Å². The van der Waals surface area contributed by atoms with Crippen LogP contribution in [0, 0.1) is 5.41 Å². The molecule has 0 fully saturated rings. The number of nitrogens with zero attached hydrogens (tertiary/aromatic N) is 4. The quantitative estimate of drug-likeness (QED) is 0.331. The first-order valence-electron chi connectivity index (χ1n) is 9.47. The molecule has 0 atom stereocenters. The van der Waals surface area contributed by atoms with Gasteiger partial charge in [0, 0.05) is 23.0 Å². The highest BCUT2D eigenvalue weighted by atomic mass is 16.5. The lowest BCUT2D eigenvalue weighted by Gasteiger charge is -2.11. The van der Waals surface area contributed by atoms with Crippen molar-refractivity contribution in [3.05, 3.63) is 72.6 Å². The molecule has 0 bridgehead atoms. The third kappa shape index (κ3) is 4.27. The second kappa shape index (κ2) is 8.44. The van der Waals surface area contributed by atoms with Gasteiger partial charge >= 0.3 is 0 Å². The van der Waals surface area contributed by atoms with Gasteiger partial charge in [-0.3, -0.25) is 5.41 Å². The van der Waals surface area contributed by atoms with Crippen LogP contribution in [-0.4, -0.2) is 20.9 Å². The maximum Gasteiger partial charge on any atom is 0.146 e. The van der Waals surface area contributed by atoms with Gasteiger partial charge in [-0.05, 0) is 61.0 Å². The minimum absolute atomic E-state index is 0.282. The molecule has 8 nitrogen and oxygen atoms in total. The third-order valence-corrected chi connectivity index (χ3v) is 4.30. The lowest BCUT2D eigenvalue weighted by atomic mass is 10.2. The van der Waals surface area contributed by atoms with Gasteiger partial charge in [0.25, 0.3) is 0 Å². The van der Waals surface area contributed by atoms with Crippen molar-refractivity contribution in [2.75, 3.05) is 11.1 Å². The number of pyridine rings is 1. The summed E-state index contributed by atoms with van der Waals surface area (Å²) in [5, 5.41) is 16.3. The molecule has 8 heteroatoms. The Morgan fingerprint density at radius 3 is 2.70 bits per heavy atom. The van der Waals surface area contributed by atoms with Crippen LogP contribution in [0.5, 0.6) is 11.5 Å². The predicted molar refractivity (Wildman–Crippen MR) is 118 cm³/mol. The van der Waals surface area contributed by atoms with Crippen molar-refractivity contribution >= 4 is 34.3 Å². The van der Waals surface area contributed by atoms with E-state index in [0.717, 1.165) is 23.0 Å². The molecule has 0 radical (unpaired) electrons. The first kappa shape index (κ1) is 19.1. The van der Waals surface area contributed by atoms with E-state index in [0.29, 0.717) is 23.0 Å². The Labute approximate surface area is 173 Å². The van der Waals surface area contributed by atoms with Crippen LogP contribution < -0.4 is 21.3 Å². The number of anilines is 3. The Kier molecular flexibility index (Phi) is 5.38. The number of nitrogens with two attached hydrogens (primary N) is 1. The van der Waals surface area contributed by atoms with Crippen LogP contribution in [0.1, 0.15) is 13.3 Å². The molecule has 4 N–H and O–H groups in total. The lowest BCUT2D eigenvalue weighted by Crippen LogP contribution is -2.14. The van der Waals surface area contributed by atoms with Gasteiger partial charge in [0.1, 0.15) is 29.1 Å². The average Bonchev–Trinajstić information content (AvgIpc) is 2.76. The summed E-state index contributed by atoms with van der Waals surface area (Å²) in [4.78, 5) is 8.60. The Morgan fingerprint density at radius 1 is 1.10 bits per heavy atom. The van der Waals surface area contributed by atoms with Crippen molar-refractivity contribution in [2.45, 2.75) is 13.3 Å². The molecular formula is C22H21N7O. The maximum atomic E-state index is 7.90. The molecule has 0 aliphatic heterocycles. The number of rotatable bonds is 6. The van der Waals surface area contributed by atoms with E-state index in [9.17, 15) is 0 Å². The normalized spacial score (nSPS) is 11.1. The maximum absolute atomic E-state index is 7.90. The summed E-state index contributed by atoms with van der Waals surface area (Å²) >= 11 is 0. The number of nitrogens with one attached hydrogen (secondary N) is 2. The van der Waals surface area contributed by atoms with Gasteiger partial charge in [0.15, 0.2) is 0 Å². The summed E-state index contributed by atoms with van der Waals surface area (Å²) in [7, 11) is 0. The van der Waals surface area contributed by atoms with Crippen LogP contribution >= 0.6 is 0 Å². The molecule has 0 unspecified atom stereocenters. The average molecular weight is 399 g/mol. The third-order valence-electron chi connectivity index (χ3n) is 4.30. The number of ether oxygens (including phenoxy) is 1. The zero-order chi connectivity index (χ0) is 20.9. The Balaban J connectivity index is 1.52. The molecule has 2 aromatic carbocycles. The largest absolute Gasteiger partial charge is 0.456 e. The van der Waals surface area contributed by atoms with E-state index in [1.54, 1.807) is 24.5 Å². The Morgan fingerprint density at radius 2 is 1.90 bits per heavy atom. The van der Waals surface area contributed by atoms with Crippen molar-refractivity contribution in [1.82, 2.24) is 14.6 Å². The second-order valence-electron chi connectivity index (χ2n) is 6.55. The lowest BCUT2D eigenvalue weighted by molar-refractivity contribution is 0.475. The molecule has 2 aromatic heterocycles. The zero-order valence-corrected chi connectivity index (χ0v) is 16.4. The summed E-state index contributed by atoms with van der Waals surface area (Å²) in [5.74, 6) is 1.94. The summed E-state index contributed by atoms with van der Waals surface area (Å²) in [6.45, 7) is 1.99. The van der Waals surface area contributed by atoms with E-state index in [2.05, 4.69) is 20.4 Å². The minimum Gasteiger partial charge on any atom is -0.456 e. The highest BCUT2D eigenvalue weighted by molar-refractivity contribution is 5.92. The zero-order valence-electron chi connectivity index (χ0n) is 16.4. The van der Waals surface area contributed by atoms with Crippen molar-refractivity contribution in [3.63, 3.8) is 0 Å². The number of aromatic nitrogens is 3. The number of benzene rings is 2. The van der Waals surface area contributed by atoms with E-state index in [1.165, 1.54) is 11.0 Å². The van der Waals surface area contributed by atoms with E-state index >= 15 is 0 Å². The molecule has 0 aliphatic carbocycles. The van der Waals surface area contributed by atoms with Crippen molar-refractivity contribution in [3.8, 4) is 11.5 Å². The van der Waals surface area contributed by atoms with Crippen LogP contribution in [-0.2, 0) is 0 Å². The van der Waals surface area contributed by atoms with Crippen molar-refractivity contribution in [2.24, 2.45) is 5.10 Å². The molecule has 0 spiro atoms. The van der Waals surface area contributed by atoms with Crippen LogP contribution in [0.15, 0.2) is 72.2 Å². The molecule has 0 saturated heterocycles. The molecule has 0 aliphatic rings. The van der Waals surface area contributed by atoms with Gasteiger partial charge in [0.05, 0.1) is 11.7 Å². The van der Waals surface area contributed by atoms with Crippen LogP contribution in [0.3, 0.4) is 0 Å². The van der Waals surface area contributed by atoms with E-state index in [1.807, 2.05) is 49.4 Å². The fraction of sp³-hybridized carbons (Fsp3) is 0.0909. The fourth-order valence-corrected chi connectivity index (χ4v) is 2.85. The van der Waals surface area contributed by atoms with E-state index < -0.39 is 0 Å². The van der Waals surface area contributed by atoms with Gasteiger partial charge in [0.2, 0.25) is 0 Å². The first-order valence-corrected chi connectivity index (χ1v) is 9.47. The van der Waals surface area contributed by atoms with Crippen molar-refractivity contribution in [1.29, 1.82) is 5.41 Å². The molecule has 30 heavy (non-hydrogen) atoms. The van der Waals surface area contributed by atoms with Crippen LogP contribution in [0.25, 0.3) is 10.9 Å². The molecule has 2 heterocycles. The molecule has 150 valence electrons.